The van der Waals surface area contributed by atoms with Crippen molar-refractivity contribution >= 4 is 17.6 Å². The number of amides is 3. The number of hydrogen-bond acceptors (Lipinski definition) is 2. The molecule has 0 bridgehead atoms. The first-order valence-electron chi connectivity index (χ1n) is 4.73. The quantitative estimate of drug-likeness (QED) is 0.736. The fraction of sp³-hybridized carbons (Fsp3) is 0.200. The van der Waals surface area contributed by atoms with E-state index in [4.69, 9.17) is 0 Å². The molecule has 92 valence electrons. The van der Waals surface area contributed by atoms with Gasteiger partial charge in [-0.2, -0.15) is 0 Å². The van der Waals surface area contributed by atoms with Crippen LogP contribution in [-0.2, 0) is 4.79 Å². The molecule has 3 N–H and O–H groups in total. The minimum Gasteiger partial charge on any atom is -0.358 e. The number of anilines is 1. The van der Waals surface area contributed by atoms with Crippen molar-refractivity contribution in [3.63, 3.8) is 0 Å². The summed E-state index contributed by atoms with van der Waals surface area (Å²) in [7, 11) is 1.41. The normalized spacial score (nSPS) is 9.59. The molecule has 1 rings (SSSR count). The van der Waals surface area contributed by atoms with Crippen LogP contribution in [0.5, 0.6) is 0 Å². The average molecular weight is 243 g/mol. The van der Waals surface area contributed by atoms with E-state index < -0.39 is 23.6 Å². The first-order chi connectivity index (χ1) is 8.02. The van der Waals surface area contributed by atoms with Crippen LogP contribution in [0.3, 0.4) is 0 Å². The van der Waals surface area contributed by atoms with Crippen molar-refractivity contribution in [3.8, 4) is 0 Å². The lowest BCUT2D eigenvalue weighted by Gasteiger charge is -2.07. The molecular weight excluding hydrogens is 232 g/mol. The number of urea groups is 1. The Hall–Kier alpha value is -2.18. The van der Waals surface area contributed by atoms with Gasteiger partial charge in [-0.05, 0) is 12.1 Å². The van der Waals surface area contributed by atoms with Gasteiger partial charge in [0.25, 0.3) is 0 Å². The van der Waals surface area contributed by atoms with Gasteiger partial charge in [0.2, 0.25) is 5.91 Å². The number of likely N-dealkylation sites (N-methyl/N-ethyl adjacent to an activating group) is 1. The Morgan fingerprint density at radius 3 is 2.65 bits per heavy atom. The van der Waals surface area contributed by atoms with Crippen molar-refractivity contribution in [3.05, 3.63) is 29.8 Å². The van der Waals surface area contributed by atoms with Crippen LogP contribution in [-0.4, -0.2) is 25.5 Å². The van der Waals surface area contributed by atoms with Crippen LogP contribution >= 0.6 is 0 Å². The molecule has 0 heterocycles. The maximum atomic E-state index is 13.1. The molecule has 0 spiro atoms. The third-order valence-electron chi connectivity index (χ3n) is 1.86. The second-order valence-corrected chi connectivity index (χ2v) is 3.11. The van der Waals surface area contributed by atoms with Crippen molar-refractivity contribution in [2.24, 2.45) is 0 Å². The van der Waals surface area contributed by atoms with Gasteiger partial charge < -0.3 is 16.0 Å². The van der Waals surface area contributed by atoms with Crippen LogP contribution in [0, 0.1) is 11.6 Å². The fourth-order valence-electron chi connectivity index (χ4n) is 1.01. The largest absolute Gasteiger partial charge is 0.358 e. The fourth-order valence-corrected chi connectivity index (χ4v) is 1.01. The zero-order valence-corrected chi connectivity index (χ0v) is 9.01. The highest BCUT2D eigenvalue weighted by Crippen LogP contribution is 2.14. The van der Waals surface area contributed by atoms with E-state index in [1.54, 1.807) is 0 Å². The first kappa shape index (κ1) is 12.9. The lowest BCUT2D eigenvalue weighted by Crippen LogP contribution is -2.37. The molecule has 3 amide bonds. The maximum Gasteiger partial charge on any atom is 0.319 e. The summed E-state index contributed by atoms with van der Waals surface area (Å²) in [4.78, 5) is 22.0. The van der Waals surface area contributed by atoms with Gasteiger partial charge >= 0.3 is 6.03 Å². The van der Waals surface area contributed by atoms with Gasteiger partial charge in [0, 0.05) is 13.1 Å². The molecule has 0 fully saturated rings. The monoisotopic (exact) mass is 243 g/mol. The second-order valence-electron chi connectivity index (χ2n) is 3.11. The Morgan fingerprint density at radius 1 is 1.29 bits per heavy atom. The molecule has 0 radical (unpaired) electrons. The van der Waals surface area contributed by atoms with Gasteiger partial charge in [-0.3, -0.25) is 4.79 Å². The number of carbonyl (C=O) groups is 2. The van der Waals surface area contributed by atoms with Gasteiger partial charge in [0.05, 0.1) is 12.2 Å². The maximum absolute atomic E-state index is 13.1. The molecule has 0 aliphatic carbocycles. The van der Waals surface area contributed by atoms with Gasteiger partial charge in [0.15, 0.2) is 0 Å². The lowest BCUT2D eigenvalue weighted by molar-refractivity contribution is -0.119. The Bertz CT molecular complexity index is 438. The number of benzene rings is 1. The van der Waals surface area contributed by atoms with E-state index >= 15 is 0 Å². The molecule has 5 nitrogen and oxygen atoms in total. The Morgan fingerprint density at radius 2 is 2.00 bits per heavy atom. The molecule has 0 aliphatic heterocycles. The van der Waals surface area contributed by atoms with Crippen molar-refractivity contribution < 1.29 is 18.4 Å². The van der Waals surface area contributed by atoms with E-state index in [1.165, 1.54) is 7.05 Å². The summed E-state index contributed by atoms with van der Waals surface area (Å²) in [6.07, 6.45) is 0. The Kier molecular flexibility index (Phi) is 4.38. The SMILES string of the molecule is CNC(=O)CNC(=O)Nc1cc(F)ccc1F. The highest BCUT2D eigenvalue weighted by atomic mass is 19.1. The minimum absolute atomic E-state index is 0.251. The van der Waals surface area contributed by atoms with Crippen LogP contribution in [0.15, 0.2) is 18.2 Å². The molecule has 17 heavy (non-hydrogen) atoms. The lowest BCUT2D eigenvalue weighted by atomic mass is 10.3. The topological polar surface area (TPSA) is 70.2 Å². The van der Waals surface area contributed by atoms with Crippen molar-refractivity contribution in [2.75, 3.05) is 18.9 Å². The summed E-state index contributed by atoms with van der Waals surface area (Å²) >= 11 is 0. The smallest absolute Gasteiger partial charge is 0.319 e. The molecule has 0 saturated heterocycles. The molecule has 7 heteroatoms. The number of rotatable bonds is 3. The van der Waals surface area contributed by atoms with Gasteiger partial charge in [-0.15, -0.1) is 0 Å². The number of hydrogen-bond donors (Lipinski definition) is 3. The molecule has 0 aromatic heterocycles. The molecule has 1 aromatic rings. The summed E-state index contributed by atoms with van der Waals surface area (Å²) in [6.45, 7) is -0.251. The standard InChI is InChI=1S/C10H11F2N3O2/c1-13-9(16)5-14-10(17)15-8-4-6(11)2-3-7(8)12/h2-4H,5H2,1H3,(H,13,16)(H2,14,15,17). The van der Waals surface area contributed by atoms with Crippen LogP contribution in [0.25, 0.3) is 0 Å². The highest BCUT2D eigenvalue weighted by Gasteiger charge is 2.08. The van der Waals surface area contributed by atoms with E-state index in [-0.39, 0.29) is 12.2 Å². The van der Waals surface area contributed by atoms with E-state index in [0.717, 1.165) is 18.2 Å². The van der Waals surface area contributed by atoms with E-state index in [1.807, 2.05) is 0 Å². The summed E-state index contributed by atoms with van der Waals surface area (Å²) in [5.74, 6) is -1.84. The summed E-state index contributed by atoms with van der Waals surface area (Å²) < 4.78 is 25.9. The Labute approximate surface area is 96.2 Å². The molecule has 0 aliphatic rings. The Balaban J connectivity index is 2.56. The van der Waals surface area contributed by atoms with Crippen molar-refractivity contribution in [1.29, 1.82) is 0 Å². The predicted octanol–water partition coefficient (Wildman–Crippen LogP) is 0.832. The zero-order chi connectivity index (χ0) is 12.8. The summed E-state index contributed by atoms with van der Waals surface area (Å²) in [6, 6.07) is 1.87. The van der Waals surface area contributed by atoms with Gasteiger partial charge in [-0.25, -0.2) is 13.6 Å². The zero-order valence-electron chi connectivity index (χ0n) is 9.01. The van der Waals surface area contributed by atoms with E-state index in [9.17, 15) is 18.4 Å². The third-order valence-corrected chi connectivity index (χ3v) is 1.86. The predicted molar refractivity (Wildman–Crippen MR) is 57.4 cm³/mol. The second kappa shape index (κ2) is 5.78. The van der Waals surface area contributed by atoms with E-state index in [0.29, 0.717) is 0 Å². The number of carbonyl (C=O) groups excluding carboxylic acids is 2. The minimum atomic E-state index is -0.793. The van der Waals surface area contributed by atoms with Crippen LogP contribution in [0.1, 0.15) is 0 Å². The highest BCUT2D eigenvalue weighted by molar-refractivity contribution is 5.92. The van der Waals surface area contributed by atoms with Crippen LogP contribution < -0.4 is 16.0 Å². The summed E-state index contributed by atoms with van der Waals surface area (Å²) in [5, 5.41) is 6.55. The van der Waals surface area contributed by atoms with E-state index in [2.05, 4.69) is 16.0 Å². The van der Waals surface area contributed by atoms with Gasteiger partial charge in [0.1, 0.15) is 11.6 Å². The average Bonchev–Trinajstić information content (AvgIpc) is 2.30. The number of halogens is 2. The van der Waals surface area contributed by atoms with Crippen LogP contribution in [0.4, 0.5) is 19.3 Å². The molecular formula is C10H11F2N3O2. The molecule has 0 atom stereocenters. The van der Waals surface area contributed by atoms with Crippen LogP contribution in [0.2, 0.25) is 0 Å². The molecule has 1 aromatic carbocycles. The van der Waals surface area contributed by atoms with Crippen molar-refractivity contribution in [2.45, 2.75) is 0 Å². The molecule has 0 unspecified atom stereocenters. The summed E-state index contributed by atoms with van der Waals surface area (Å²) in [5.41, 5.74) is -0.292. The third kappa shape index (κ3) is 4.06. The van der Waals surface area contributed by atoms with Crippen molar-refractivity contribution in [1.82, 2.24) is 10.6 Å². The van der Waals surface area contributed by atoms with Gasteiger partial charge in [-0.1, -0.05) is 0 Å². The number of nitrogens with one attached hydrogen (secondary N) is 3. The first-order valence-corrected chi connectivity index (χ1v) is 4.73. The molecule has 0 saturated carbocycles.